The van der Waals surface area contributed by atoms with Gasteiger partial charge in [0.05, 0.1) is 24.0 Å². The minimum atomic E-state index is 0.0320. The molecule has 0 bridgehead atoms. The Morgan fingerprint density at radius 1 is 1.17 bits per heavy atom. The zero-order chi connectivity index (χ0) is 24.9. The number of nitrogen functional groups attached to an aromatic ring is 1. The third-order valence-corrected chi connectivity index (χ3v) is 6.46. The molecule has 0 spiro atoms. The van der Waals surface area contributed by atoms with E-state index >= 15 is 0 Å². The zero-order valence-corrected chi connectivity index (χ0v) is 20.7. The molecular formula is C27H34N6O2. The van der Waals surface area contributed by atoms with Gasteiger partial charge < -0.3 is 24.7 Å². The number of rotatable bonds is 8. The van der Waals surface area contributed by atoms with E-state index in [1.54, 1.807) is 13.2 Å². The van der Waals surface area contributed by atoms with Crippen LogP contribution in [0.2, 0.25) is 0 Å². The average molecular weight is 475 g/mol. The predicted octanol–water partition coefficient (Wildman–Crippen LogP) is 4.45. The van der Waals surface area contributed by atoms with Crippen molar-refractivity contribution in [3.8, 4) is 11.5 Å². The maximum absolute atomic E-state index is 7.80. The summed E-state index contributed by atoms with van der Waals surface area (Å²) in [5.41, 5.74) is 9.19. The Morgan fingerprint density at radius 3 is 2.60 bits per heavy atom. The molecule has 184 valence electrons. The van der Waals surface area contributed by atoms with Crippen molar-refractivity contribution in [2.45, 2.75) is 45.8 Å². The Balaban J connectivity index is 1.51. The van der Waals surface area contributed by atoms with E-state index in [4.69, 9.17) is 31.0 Å². The molecular weight excluding hydrogens is 440 g/mol. The van der Waals surface area contributed by atoms with Gasteiger partial charge in [-0.15, -0.1) is 0 Å². The summed E-state index contributed by atoms with van der Waals surface area (Å²) in [6.45, 7) is 6.34. The molecule has 3 aromatic rings. The van der Waals surface area contributed by atoms with Crippen LogP contribution in [0.15, 0.2) is 42.5 Å². The third-order valence-electron chi connectivity index (χ3n) is 6.46. The Labute approximate surface area is 206 Å². The normalized spacial score (nSPS) is 14.5. The molecule has 0 atom stereocenters. The highest BCUT2D eigenvalue weighted by molar-refractivity contribution is 5.95. The molecule has 1 aromatic heterocycles. The van der Waals surface area contributed by atoms with Crippen LogP contribution in [-0.4, -0.2) is 52.4 Å². The van der Waals surface area contributed by atoms with Crippen molar-refractivity contribution in [2.75, 3.05) is 20.2 Å². The first kappa shape index (κ1) is 24.3. The number of benzene rings is 2. The summed E-state index contributed by atoms with van der Waals surface area (Å²) < 4.78 is 13.9. The summed E-state index contributed by atoms with van der Waals surface area (Å²) in [7, 11) is 1.64. The van der Waals surface area contributed by atoms with Gasteiger partial charge in [-0.05, 0) is 37.3 Å². The number of ether oxygens (including phenoxy) is 2. The number of amidine groups is 2. The molecule has 0 amide bonds. The van der Waals surface area contributed by atoms with E-state index < -0.39 is 0 Å². The van der Waals surface area contributed by atoms with Crippen LogP contribution in [0, 0.1) is 10.8 Å². The SMILES string of the molecule is CCc1nc2cc(OC3CCN(C(C)=N)CC3)ccc2n1C/C=C/c1cc(C(=N)N)ccc1OC. The van der Waals surface area contributed by atoms with Gasteiger partial charge in [-0.2, -0.15) is 0 Å². The van der Waals surface area contributed by atoms with Crippen molar-refractivity contribution >= 4 is 28.8 Å². The fourth-order valence-corrected chi connectivity index (χ4v) is 4.53. The van der Waals surface area contributed by atoms with E-state index in [1.165, 1.54) is 0 Å². The fourth-order valence-electron chi connectivity index (χ4n) is 4.53. The molecule has 0 aliphatic carbocycles. The molecule has 8 heteroatoms. The standard InChI is InChI=1S/C27H34N6O2/c1-4-26-31-23-17-22(35-21-11-14-32(15-12-21)18(2)28)8-9-24(23)33(26)13-5-6-19-16-20(27(29)30)7-10-25(19)34-3/h5-10,16-17,21,28H,4,11-15H2,1-3H3,(H3,29,30)/b6-5+,28-18?. The molecule has 0 unspecified atom stereocenters. The molecule has 2 aromatic carbocycles. The number of hydrogen-bond acceptors (Lipinski definition) is 5. The number of nitrogens with two attached hydrogens (primary N) is 1. The molecule has 4 N–H and O–H groups in total. The fraction of sp³-hybridized carbons (Fsp3) is 0.370. The van der Waals surface area contributed by atoms with Crippen LogP contribution in [-0.2, 0) is 13.0 Å². The largest absolute Gasteiger partial charge is 0.496 e. The number of allylic oxidation sites excluding steroid dienone is 1. The van der Waals surface area contributed by atoms with Crippen molar-refractivity contribution in [3.05, 3.63) is 59.4 Å². The Hall–Kier alpha value is -3.81. The van der Waals surface area contributed by atoms with E-state index in [0.717, 1.165) is 66.3 Å². The molecule has 0 radical (unpaired) electrons. The second-order valence-electron chi connectivity index (χ2n) is 8.81. The smallest absolute Gasteiger partial charge is 0.126 e. The summed E-state index contributed by atoms with van der Waals surface area (Å²) in [5.74, 6) is 3.25. The minimum absolute atomic E-state index is 0.0320. The second-order valence-corrected chi connectivity index (χ2v) is 8.81. The number of aryl methyl sites for hydroxylation is 1. The van der Waals surface area contributed by atoms with Gasteiger partial charge in [0.15, 0.2) is 0 Å². The van der Waals surface area contributed by atoms with Crippen molar-refractivity contribution in [1.82, 2.24) is 14.5 Å². The maximum atomic E-state index is 7.80. The zero-order valence-electron chi connectivity index (χ0n) is 20.7. The molecule has 1 saturated heterocycles. The van der Waals surface area contributed by atoms with Crippen LogP contribution in [0.3, 0.4) is 0 Å². The number of hydrogen-bond donors (Lipinski definition) is 3. The number of methoxy groups -OCH3 is 1. The second kappa shape index (κ2) is 10.6. The molecule has 2 heterocycles. The summed E-state index contributed by atoms with van der Waals surface area (Å²) in [6, 6.07) is 11.6. The lowest BCUT2D eigenvalue weighted by Gasteiger charge is -2.32. The topological polar surface area (TPSA) is 113 Å². The molecule has 4 rings (SSSR count). The van der Waals surface area contributed by atoms with Gasteiger partial charge in [0, 0.05) is 56.1 Å². The number of piperidine rings is 1. The number of likely N-dealkylation sites (tertiary alicyclic amines) is 1. The van der Waals surface area contributed by atoms with Crippen molar-refractivity contribution < 1.29 is 9.47 Å². The summed E-state index contributed by atoms with van der Waals surface area (Å²) in [6.07, 6.45) is 6.90. The summed E-state index contributed by atoms with van der Waals surface area (Å²) in [4.78, 5) is 6.96. The molecule has 1 aliphatic rings. The maximum Gasteiger partial charge on any atom is 0.126 e. The van der Waals surface area contributed by atoms with Crippen molar-refractivity contribution in [3.63, 3.8) is 0 Å². The van der Waals surface area contributed by atoms with Crippen molar-refractivity contribution in [2.24, 2.45) is 5.73 Å². The van der Waals surface area contributed by atoms with Gasteiger partial charge >= 0.3 is 0 Å². The lowest BCUT2D eigenvalue weighted by molar-refractivity contribution is 0.130. The summed E-state index contributed by atoms with van der Waals surface area (Å²) >= 11 is 0. The first-order valence-corrected chi connectivity index (χ1v) is 12.0. The van der Waals surface area contributed by atoms with Gasteiger partial charge in [-0.1, -0.05) is 19.1 Å². The monoisotopic (exact) mass is 474 g/mol. The van der Waals surface area contributed by atoms with Gasteiger partial charge in [-0.25, -0.2) is 4.98 Å². The van der Waals surface area contributed by atoms with E-state index in [2.05, 4.69) is 28.5 Å². The Kier molecular flexibility index (Phi) is 7.39. The molecule has 8 nitrogen and oxygen atoms in total. The predicted molar refractivity (Wildman–Crippen MR) is 141 cm³/mol. The minimum Gasteiger partial charge on any atom is -0.496 e. The molecule has 1 aliphatic heterocycles. The van der Waals surface area contributed by atoms with Gasteiger partial charge in [0.2, 0.25) is 0 Å². The van der Waals surface area contributed by atoms with E-state index in [1.807, 2.05) is 37.3 Å². The van der Waals surface area contributed by atoms with E-state index in [9.17, 15) is 0 Å². The van der Waals surface area contributed by atoms with Crippen LogP contribution in [0.1, 0.15) is 43.6 Å². The lowest BCUT2D eigenvalue weighted by Crippen LogP contribution is -2.40. The van der Waals surface area contributed by atoms with Crippen LogP contribution >= 0.6 is 0 Å². The van der Waals surface area contributed by atoms with E-state index in [-0.39, 0.29) is 11.9 Å². The first-order valence-electron chi connectivity index (χ1n) is 12.0. The molecule has 1 fully saturated rings. The number of nitrogens with one attached hydrogen (secondary N) is 2. The molecule has 0 saturated carbocycles. The average Bonchev–Trinajstić information content (AvgIpc) is 3.21. The lowest BCUT2D eigenvalue weighted by atomic mass is 10.1. The van der Waals surface area contributed by atoms with Gasteiger partial charge in [0.1, 0.15) is 29.3 Å². The van der Waals surface area contributed by atoms with Crippen molar-refractivity contribution in [1.29, 1.82) is 10.8 Å². The number of imidazole rings is 1. The van der Waals surface area contributed by atoms with Crippen LogP contribution in [0.4, 0.5) is 0 Å². The van der Waals surface area contributed by atoms with Crippen LogP contribution in [0.5, 0.6) is 11.5 Å². The third kappa shape index (κ3) is 5.48. The van der Waals surface area contributed by atoms with Crippen LogP contribution < -0.4 is 15.2 Å². The summed E-state index contributed by atoms with van der Waals surface area (Å²) in [5, 5.41) is 15.5. The first-order chi connectivity index (χ1) is 16.9. The number of aromatic nitrogens is 2. The Bertz CT molecular complexity index is 1250. The number of nitrogens with zero attached hydrogens (tertiary/aromatic N) is 3. The van der Waals surface area contributed by atoms with Crippen LogP contribution in [0.25, 0.3) is 17.1 Å². The molecule has 35 heavy (non-hydrogen) atoms. The highest BCUT2D eigenvalue weighted by atomic mass is 16.5. The highest BCUT2D eigenvalue weighted by Crippen LogP contribution is 2.26. The van der Waals surface area contributed by atoms with Gasteiger partial charge in [-0.3, -0.25) is 10.8 Å². The number of fused-ring (bicyclic) bond motifs is 1. The highest BCUT2D eigenvalue weighted by Gasteiger charge is 2.21. The van der Waals surface area contributed by atoms with Gasteiger partial charge in [0.25, 0.3) is 0 Å². The van der Waals surface area contributed by atoms with E-state index in [0.29, 0.717) is 17.9 Å². The Morgan fingerprint density at radius 2 is 1.94 bits per heavy atom. The quantitative estimate of drug-likeness (QED) is 0.330.